The average Bonchev–Trinajstić information content (AvgIpc) is 3.25. The van der Waals surface area contributed by atoms with Gasteiger partial charge in [-0.2, -0.15) is 5.10 Å². The van der Waals surface area contributed by atoms with Gasteiger partial charge in [0.15, 0.2) is 5.76 Å². The lowest BCUT2D eigenvalue weighted by Crippen LogP contribution is -2.39. The second-order valence-corrected chi connectivity index (χ2v) is 8.03. The molecule has 0 unspecified atom stereocenters. The Morgan fingerprint density at radius 2 is 2.00 bits per heavy atom. The molecule has 0 spiro atoms. The van der Waals surface area contributed by atoms with E-state index in [0.717, 1.165) is 65.2 Å². The number of benzene rings is 1. The Balaban J connectivity index is 1.67. The first-order chi connectivity index (χ1) is 14.0. The molecule has 1 aliphatic rings. The average molecular weight is 393 g/mol. The predicted octanol–water partition coefficient (Wildman–Crippen LogP) is 4.30. The highest BCUT2D eigenvalue weighted by molar-refractivity contribution is 5.80. The van der Waals surface area contributed by atoms with Crippen molar-refractivity contribution in [1.82, 2.24) is 19.8 Å². The summed E-state index contributed by atoms with van der Waals surface area (Å²) in [7, 11) is 1.91. The van der Waals surface area contributed by atoms with Gasteiger partial charge < -0.3 is 9.42 Å². The maximum Gasteiger partial charge on any atom is 0.227 e. The van der Waals surface area contributed by atoms with Crippen LogP contribution in [-0.2, 0) is 18.3 Å². The lowest BCUT2D eigenvalue weighted by molar-refractivity contribution is -0.134. The number of rotatable bonds is 4. The van der Waals surface area contributed by atoms with E-state index in [0.29, 0.717) is 6.42 Å². The van der Waals surface area contributed by atoms with Crippen LogP contribution in [0, 0.1) is 20.8 Å². The molecule has 0 aliphatic carbocycles. The summed E-state index contributed by atoms with van der Waals surface area (Å²) < 4.78 is 7.43. The standard InChI is InChI=1S/C23H28N4O2/c1-15-9-5-6-10-18(15)13-21(28)27-12-8-7-11-20(27)22-19(14-26(4)24-22)23-16(2)17(3)25-29-23/h5-6,9-10,14,20H,7-8,11-13H2,1-4H3/t20-/m1/s1. The monoisotopic (exact) mass is 392 g/mol. The molecule has 1 saturated heterocycles. The van der Waals surface area contributed by atoms with Gasteiger partial charge in [0.2, 0.25) is 5.91 Å². The second-order valence-electron chi connectivity index (χ2n) is 8.03. The number of hydrogen-bond acceptors (Lipinski definition) is 4. The van der Waals surface area contributed by atoms with E-state index in [1.54, 1.807) is 4.68 Å². The molecule has 1 aliphatic heterocycles. The largest absolute Gasteiger partial charge is 0.356 e. The lowest BCUT2D eigenvalue weighted by Gasteiger charge is -2.35. The van der Waals surface area contributed by atoms with Gasteiger partial charge >= 0.3 is 0 Å². The Kier molecular flexibility index (Phi) is 5.26. The molecular weight excluding hydrogens is 364 g/mol. The summed E-state index contributed by atoms with van der Waals surface area (Å²) in [5, 5.41) is 8.87. The minimum Gasteiger partial charge on any atom is -0.356 e. The summed E-state index contributed by atoms with van der Waals surface area (Å²) in [5.41, 5.74) is 5.99. The van der Waals surface area contributed by atoms with Crippen LogP contribution in [0.25, 0.3) is 11.3 Å². The summed E-state index contributed by atoms with van der Waals surface area (Å²) in [4.78, 5) is 15.3. The van der Waals surface area contributed by atoms with Crippen LogP contribution in [0.2, 0.25) is 0 Å². The number of aromatic nitrogens is 3. The van der Waals surface area contributed by atoms with Crippen molar-refractivity contribution in [2.75, 3.05) is 6.54 Å². The molecule has 4 rings (SSSR count). The van der Waals surface area contributed by atoms with Crippen LogP contribution in [0.4, 0.5) is 0 Å². The molecule has 1 amide bonds. The summed E-state index contributed by atoms with van der Waals surface area (Å²) >= 11 is 0. The number of likely N-dealkylation sites (tertiary alicyclic amines) is 1. The number of piperidine rings is 1. The zero-order valence-electron chi connectivity index (χ0n) is 17.6. The van der Waals surface area contributed by atoms with Crippen LogP contribution in [0.5, 0.6) is 0 Å². The van der Waals surface area contributed by atoms with Crippen molar-refractivity contribution in [3.63, 3.8) is 0 Å². The van der Waals surface area contributed by atoms with Crippen LogP contribution in [-0.4, -0.2) is 32.3 Å². The molecule has 1 atom stereocenters. The van der Waals surface area contributed by atoms with Crippen molar-refractivity contribution in [2.24, 2.45) is 7.05 Å². The highest BCUT2D eigenvalue weighted by atomic mass is 16.5. The Morgan fingerprint density at radius 1 is 1.21 bits per heavy atom. The third-order valence-corrected chi connectivity index (χ3v) is 6.00. The molecule has 2 aromatic heterocycles. The van der Waals surface area contributed by atoms with Gasteiger partial charge in [0, 0.05) is 25.4 Å². The fraction of sp³-hybridized carbons (Fsp3) is 0.435. The zero-order valence-corrected chi connectivity index (χ0v) is 17.6. The van der Waals surface area contributed by atoms with Crippen molar-refractivity contribution < 1.29 is 9.32 Å². The summed E-state index contributed by atoms with van der Waals surface area (Å²) in [6.45, 7) is 6.78. The van der Waals surface area contributed by atoms with Crippen molar-refractivity contribution in [2.45, 2.75) is 52.5 Å². The number of nitrogens with zero attached hydrogens (tertiary/aromatic N) is 4. The molecule has 0 saturated carbocycles. The fourth-order valence-corrected chi connectivity index (χ4v) is 4.18. The molecule has 152 valence electrons. The molecule has 3 aromatic rings. The minimum absolute atomic E-state index is 0.0405. The summed E-state index contributed by atoms with van der Waals surface area (Å²) in [6, 6.07) is 8.06. The van der Waals surface area contributed by atoms with Crippen molar-refractivity contribution in [1.29, 1.82) is 0 Å². The molecule has 0 bridgehead atoms. The van der Waals surface area contributed by atoms with Crippen LogP contribution in [0.1, 0.15) is 53.4 Å². The van der Waals surface area contributed by atoms with Gasteiger partial charge in [-0.1, -0.05) is 29.4 Å². The van der Waals surface area contributed by atoms with E-state index in [4.69, 9.17) is 9.62 Å². The summed E-state index contributed by atoms with van der Waals surface area (Å²) in [5.74, 6) is 0.911. The number of amides is 1. The normalized spacial score (nSPS) is 17.0. The molecule has 6 nitrogen and oxygen atoms in total. The third-order valence-electron chi connectivity index (χ3n) is 6.00. The minimum atomic E-state index is -0.0405. The first-order valence-corrected chi connectivity index (χ1v) is 10.3. The highest BCUT2D eigenvalue weighted by Crippen LogP contribution is 2.38. The topological polar surface area (TPSA) is 64.2 Å². The molecule has 0 radical (unpaired) electrons. The van der Waals surface area contributed by atoms with Gasteiger partial charge in [0.25, 0.3) is 0 Å². The van der Waals surface area contributed by atoms with E-state index in [-0.39, 0.29) is 11.9 Å². The second kappa shape index (κ2) is 7.85. The van der Waals surface area contributed by atoms with Gasteiger partial charge in [0.05, 0.1) is 29.4 Å². The van der Waals surface area contributed by atoms with E-state index in [2.05, 4.69) is 18.1 Å². The maximum atomic E-state index is 13.3. The van der Waals surface area contributed by atoms with Crippen molar-refractivity contribution >= 4 is 5.91 Å². The quantitative estimate of drug-likeness (QED) is 0.664. The first kappa shape index (κ1) is 19.4. The van der Waals surface area contributed by atoms with E-state index in [1.165, 1.54) is 0 Å². The fourth-order valence-electron chi connectivity index (χ4n) is 4.18. The van der Waals surface area contributed by atoms with Crippen molar-refractivity contribution in [3.05, 3.63) is 58.5 Å². The van der Waals surface area contributed by atoms with Gasteiger partial charge in [-0.15, -0.1) is 0 Å². The number of hydrogen-bond donors (Lipinski definition) is 0. The predicted molar refractivity (Wildman–Crippen MR) is 111 cm³/mol. The van der Waals surface area contributed by atoms with Crippen molar-refractivity contribution in [3.8, 4) is 11.3 Å². The molecule has 6 heteroatoms. The van der Waals surface area contributed by atoms with Crippen LogP contribution < -0.4 is 0 Å². The van der Waals surface area contributed by atoms with E-state index in [9.17, 15) is 4.79 Å². The lowest BCUT2D eigenvalue weighted by atomic mass is 9.94. The molecule has 1 fully saturated rings. The van der Waals surface area contributed by atoms with E-state index >= 15 is 0 Å². The number of carbonyl (C=O) groups is 1. The van der Waals surface area contributed by atoms with Crippen LogP contribution in [0.3, 0.4) is 0 Å². The first-order valence-electron chi connectivity index (χ1n) is 10.3. The molecule has 3 heterocycles. The SMILES string of the molecule is Cc1ccccc1CC(=O)N1CCCC[C@@H]1c1nn(C)cc1-c1onc(C)c1C. The van der Waals surface area contributed by atoms with Crippen LogP contribution >= 0.6 is 0 Å². The number of aryl methyl sites for hydroxylation is 3. The smallest absolute Gasteiger partial charge is 0.227 e. The Morgan fingerprint density at radius 3 is 2.72 bits per heavy atom. The summed E-state index contributed by atoms with van der Waals surface area (Å²) in [6.07, 6.45) is 5.42. The molecular formula is C23H28N4O2. The van der Waals surface area contributed by atoms with Gasteiger partial charge in [0.1, 0.15) is 0 Å². The van der Waals surface area contributed by atoms with Gasteiger partial charge in [-0.05, 0) is 51.2 Å². The van der Waals surface area contributed by atoms with Gasteiger partial charge in [-0.3, -0.25) is 9.48 Å². The van der Waals surface area contributed by atoms with E-state index in [1.807, 2.05) is 50.2 Å². The Labute approximate surface area is 171 Å². The third kappa shape index (κ3) is 3.71. The maximum absolute atomic E-state index is 13.3. The highest BCUT2D eigenvalue weighted by Gasteiger charge is 2.33. The molecule has 29 heavy (non-hydrogen) atoms. The Hall–Kier alpha value is -2.89. The molecule has 1 aromatic carbocycles. The van der Waals surface area contributed by atoms with Crippen LogP contribution in [0.15, 0.2) is 35.0 Å². The van der Waals surface area contributed by atoms with Gasteiger partial charge in [-0.25, -0.2) is 0 Å². The van der Waals surface area contributed by atoms with E-state index < -0.39 is 0 Å². The number of carbonyl (C=O) groups excluding carboxylic acids is 1. The molecule has 0 N–H and O–H groups in total. The zero-order chi connectivity index (χ0) is 20.5. The Bertz CT molecular complexity index is 1030.